The third kappa shape index (κ3) is 7.66. The number of nitrogens with one attached hydrogen (secondary N) is 1. The van der Waals surface area contributed by atoms with Gasteiger partial charge in [0, 0.05) is 28.3 Å². The molecule has 0 atom stereocenters. The lowest BCUT2D eigenvalue weighted by molar-refractivity contribution is 0.306. The van der Waals surface area contributed by atoms with E-state index in [1.165, 1.54) is 22.9 Å². The van der Waals surface area contributed by atoms with Gasteiger partial charge >= 0.3 is 0 Å². The van der Waals surface area contributed by atoms with Crippen molar-refractivity contribution in [3.8, 4) is 22.8 Å². The van der Waals surface area contributed by atoms with Crippen LogP contribution in [-0.4, -0.2) is 30.6 Å². The van der Waals surface area contributed by atoms with Crippen LogP contribution in [0.1, 0.15) is 27.8 Å². The van der Waals surface area contributed by atoms with E-state index in [4.69, 9.17) is 14.5 Å². The summed E-state index contributed by atoms with van der Waals surface area (Å²) >= 11 is 0. The van der Waals surface area contributed by atoms with Crippen LogP contribution < -0.4 is 9.47 Å². The van der Waals surface area contributed by atoms with Crippen LogP contribution in [0.5, 0.6) is 11.5 Å². The lowest BCUT2D eigenvalue weighted by Gasteiger charge is -2.09. The Hall–Kier alpha value is -5.99. The summed E-state index contributed by atoms with van der Waals surface area (Å²) in [6, 6.07) is 49.3. The monoisotopic (exact) mass is 677 g/mol. The molecule has 6 aromatic carbocycles. The molecule has 0 spiro atoms. The molecule has 1 aliphatic heterocycles. The molecule has 248 valence electrons. The van der Waals surface area contributed by atoms with Gasteiger partial charge in [0.1, 0.15) is 30.4 Å². The molecule has 0 aliphatic carbocycles. The number of benzene rings is 6. The minimum absolute atomic E-state index is 0.271. The van der Waals surface area contributed by atoms with Crippen LogP contribution >= 0.6 is 0 Å². The van der Waals surface area contributed by atoms with Crippen LogP contribution in [0, 0.1) is 0 Å². The van der Waals surface area contributed by atoms with E-state index >= 15 is 0 Å². The molecular formula is C42H35N3O4S. The Balaban J connectivity index is 0.000000159. The lowest BCUT2D eigenvalue weighted by Crippen LogP contribution is -2.02. The van der Waals surface area contributed by atoms with Crippen molar-refractivity contribution in [1.29, 1.82) is 0 Å². The Kier molecular flexibility index (Phi) is 9.53. The molecule has 0 saturated heterocycles. The van der Waals surface area contributed by atoms with Crippen molar-refractivity contribution in [1.82, 2.24) is 10.2 Å². The summed E-state index contributed by atoms with van der Waals surface area (Å²) in [5.74, 6) is 1.62. The molecule has 1 N–H and O–H groups in total. The number of ether oxygens (including phenoxy) is 2. The summed E-state index contributed by atoms with van der Waals surface area (Å²) < 4.78 is 35.5. The molecule has 0 saturated carbocycles. The quantitative estimate of drug-likeness (QED) is 0.165. The molecule has 0 radical (unpaired) electrons. The van der Waals surface area contributed by atoms with E-state index in [1.54, 1.807) is 18.2 Å². The van der Waals surface area contributed by atoms with E-state index in [0.29, 0.717) is 18.9 Å². The third-order valence-electron chi connectivity index (χ3n) is 8.36. The minimum Gasteiger partial charge on any atom is -0.489 e. The number of rotatable bonds is 9. The molecule has 1 aromatic heterocycles. The number of aromatic amines is 1. The maximum Gasteiger partial charge on any atom is 0.175 e. The fraction of sp³-hybridized carbons (Fsp3) is 0.0952. The SMILES string of the molecule is CS(=O)(=O)c1cccc(-c2n[nH]c3ccc(OCc4ccccc4)cc23)c1.c1ccc(COc2ccc3c(c2)C(c2ccccc2)=NC3)cc1. The maximum atomic E-state index is 11.8. The molecule has 7 nitrogen and oxygen atoms in total. The van der Waals surface area contributed by atoms with E-state index in [-0.39, 0.29) is 4.90 Å². The largest absolute Gasteiger partial charge is 0.489 e. The molecule has 0 unspecified atom stereocenters. The second-order valence-electron chi connectivity index (χ2n) is 12.0. The van der Waals surface area contributed by atoms with Crippen LogP contribution in [0.3, 0.4) is 0 Å². The Morgan fingerprint density at radius 1 is 0.640 bits per heavy atom. The predicted molar refractivity (Wildman–Crippen MR) is 198 cm³/mol. The van der Waals surface area contributed by atoms with Gasteiger partial charge < -0.3 is 9.47 Å². The molecule has 2 heterocycles. The van der Waals surface area contributed by atoms with E-state index in [2.05, 4.69) is 46.6 Å². The van der Waals surface area contributed by atoms with Crippen molar-refractivity contribution in [3.05, 3.63) is 179 Å². The normalized spacial score (nSPS) is 12.1. The Morgan fingerprint density at radius 2 is 1.24 bits per heavy atom. The highest BCUT2D eigenvalue weighted by molar-refractivity contribution is 7.90. The zero-order valence-corrected chi connectivity index (χ0v) is 28.3. The van der Waals surface area contributed by atoms with Gasteiger partial charge in [-0.25, -0.2) is 8.42 Å². The van der Waals surface area contributed by atoms with Crippen molar-refractivity contribution in [2.24, 2.45) is 4.99 Å². The Bertz CT molecular complexity index is 2370. The number of nitrogens with zero attached hydrogens (tertiary/aromatic N) is 2. The molecule has 0 fully saturated rings. The van der Waals surface area contributed by atoms with Crippen molar-refractivity contribution in [3.63, 3.8) is 0 Å². The van der Waals surface area contributed by atoms with Gasteiger partial charge in [0.25, 0.3) is 0 Å². The van der Waals surface area contributed by atoms with E-state index < -0.39 is 9.84 Å². The second kappa shape index (κ2) is 14.6. The van der Waals surface area contributed by atoms with Crippen molar-refractivity contribution < 1.29 is 17.9 Å². The van der Waals surface area contributed by atoms with Gasteiger partial charge in [0.05, 0.1) is 22.7 Å². The average molecular weight is 678 g/mol. The number of hydrogen-bond donors (Lipinski definition) is 1. The van der Waals surface area contributed by atoms with Crippen LogP contribution in [0.15, 0.2) is 162 Å². The zero-order chi connectivity index (χ0) is 34.3. The summed E-state index contributed by atoms with van der Waals surface area (Å²) in [5.41, 5.74) is 9.22. The number of aromatic nitrogens is 2. The van der Waals surface area contributed by atoms with Gasteiger partial charge in [-0.3, -0.25) is 10.1 Å². The zero-order valence-electron chi connectivity index (χ0n) is 27.5. The van der Waals surface area contributed by atoms with E-state index in [9.17, 15) is 8.42 Å². The number of fused-ring (bicyclic) bond motifs is 2. The first-order valence-electron chi connectivity index (χ1n) is 16.3. The average Bonchev–Trinajstić information content (AvgIpc) is 3.78. The highest BCUT2D eigenvalue weighted by atomic mass is 32.2. The summed E-state index contributed by atoms with van der Waals surface area (Å²) in [7, 11) is -3.28. The molecular weight excluding hydrogens is 643 g/mol. The van der Waals surface area contributed by atoms with Crippen molar-refractivity contribution in [2.45, 2.75) is 24.7 Å². The van der Waals surface area contributed by atoms with Gasteiger partial charge in [-0.05, 0) is 59.2 Å². The molecule has 1 aliphatic rings. The lowest BCUT2D eigenvalue weighted by atomic mass is 10.00. The molecule has 0 bridgehead atoms. The van der Waals surface area contributed by atoms with Gasteiger partial charge in [0.2, 0.25) is 0 Å². The van der Waals surface area contributed by atoms with E-state index in [0.717, 1.165) is 51.3 Å². The fourth-order valence-electron chi connectivity index (χ4n) is 5.75. The van der Waals surface area contributed by atoms with Gasteiger partial charge in [0.15, 0.2) is 9.84 Å². The first kappa shape index (κ1) is 32.6. The third-order valence-corrected chi connectivity index (χ3v) is 9.47. The minimum atomic E-state index is -3.28. The molecule has 7 aromatic rings. The van der Waals surface area contributed by atoms with Crippen molar-refractivity contribution >= 4 is 26.5 Å². The first-order valence-corrected chi connectivity index (χ1v) is 18.1. The summed E-state index contributed by atoms with van der Waals surface area (Å²) in [4.78, 5) is 4.97. The fourth-order valence-corrected chi connectivity index (χ4v) is 6.42. The maximum absolute atomic E-state index is 11.8. The van der Waals surface area contributed by atoms with E-state index in [1.807, 2.05) is 97.1 Å². The molecule has 8 heteroatoms. The topological polar surface area (TPSA) is 93.6 Å². The number of hydrogen-bond acceptors (Lipinski definition) is 6. The summed E-state index contributed by atoms with van der Waals surface area (Å²) in [6.07, 6.45) is 1.20. The Labute approximate surface area is 291 Å². The smallest absolute Gasteiger partial charge is 0.175 e. The number of aliphatic imine (C=N–C) groups is 1. The van der Waals surface area contributed by atoms with Gasteiger partial charge in [-0.2, -0.15) is 5.10 Å². The summed E-state index contributed by atoms with van der Waals surface area (Å²) in [6.45, 7) is 1.80. The van der Waals surface area contributed by atoms with Crippen LogP contribution in [0.2, 0.25) is 0 Å². The van der Waals surface area contributed by atoms with Gasteiger partial charge in [-0.15, -0.1) is 0 Å². The van der Waals surface area contributed by atoms with Crippen molar-refractivity contribution in [2.75, 3.05) is 6.26 Å². The highest BCUT2D eigenvalue weighted by Gasteiger charge is 2.18. The standard InChI is InChI=1S/C21H18N2O3S.C21H17NO/c1-27(24,25)18-9-5-8-16(12-18)21-19-13-17(10-11-20(19)22-23-21)26-14-15-6-3-2-4-7-15;1-3-7-16(8-4-1)15-23-19-12-11-18-14-22-21(20(18)13-19)17-9-5-2-6-10-17/h2-13H,14H2,1H3,(H,22,23);1-13H,14-15H2. The second-order valence-corrected chi connectivity index (χ2v) is 14.0. The molecule has 0 amide bonds. The highest BCUT2D eigenvalue weighted by Crippen LogP contribution is 2.31. The molecule has 8 rings (SSSR count). The number of H-pyrrole nitrogens is 1. The van der Waals surface area contributed by atoms with Crippen LogP contribution in [0.4, 0.5) is 0 Å². The molecule has 50 heavy (non-hydrogen) atoms. The van der Waals surface area contributed by atoms with Gasteiger partial charge in [-0.1, -0.05) is 109 Å². The first-order chi connectivity index (χ1) is 24.4. The van der Waals surface area contributed by atoms with Crippen LogP contribution in [0.25, 0.3) is 22.2 Å². The van der Waals surface area contributed by atoms with Crippen LogP contribution in [-0.2, 0) is 29.6 Å². The predicted octanol–water partition coefficient (Wildman–Crippen LogP) is 8.83. The summed E-state index contributed by atoms with van der Waals surface area (Å²) in [5, 5.41) is 8.24. The Morgan fingerprint density at radius 3 is 1.90 bits per heavy atom. The number of sulfone groups is 1.